The van der Waals surface area contributed by atoms with Gasteiger partial charge >= 0.3 is 0 Å². The summed E-state index contributed by atoms with van der Waals surface area (Å²) >= 11 is 0. The summed E-state index contributed by atoms with van der Waals surface area (Å²) in [5, 5.41) is 10.2. The van der Waals surface area contributed by atoms with E-state index in [0.29, 0.717) is 28.6 Å². The summed E-state index contributed by atoms with van der Waals surface area (Å²) in [6, 6.07) is 0. The van der Waals surface area contributed by atoms with Crippen molar-refractivity contribution in [2.75, 3.05) is 0 Å². The van der Waals surface area contributed by atoms with E-state index in [4.69, 9.17) is 0 Å². The number of fused-ring (bicyclic) bond motifs is 5. The zero-order chi connectivity index (χ0) is 21.0. The third-order valence-corrected chi connectivity index (χ3v) is 10.6. The van der Waals surface area contributed by atoms with Crippen LogP contribution in [0.4, 0.5) is 0 Å². The van der Waals surface area contributed by atoms with E-state index in [9.17, 15) is 5.11 Å². The summed E-state index contributed by atoms with van der Waals surface area (Å²) in [5.41, 5.74) is 0.935. The predicted molar refractivity (Wildman–Crippen MR) is 123 cm³/mol. The first-order chi connectivity index (χ1) is 13.7. The van der Waals surface area contributed by atoms with Crippen molar-refractivity contribution in [1.82, 2.24) is 0 Å². The van der Waals surface area contributed by atoms with Gasteiger partial charge in [-0.05, 0) is 103 Å². The molecule has 3 saturated carbocycles. The Kier molecular flexibility index (Phi) is 5.86. The van der Waals surface area contributed by atoms with Crippen molar-refractivity contribution in [1.29, 1.82) is 0 Å². The lowest BCUT2D eigenvalue weighted by molar-refractivity contribution is -0.0795. The van der Waals surface area contributed by atoms with Crippen LogP contribution in [0.25, 0.3) is 0 Å². The normalized spacial score (nSPS) is 49.0. The second kappa shape index (κ2) is 7.85. The Hall–Kier alpha value is -0.560. The SMILES string of the molecule is CC(C)[C@@H](C)/C=C/[C@@H](C)[C@H]1CC[C@H]2[C@H]3C=C[C@H]4C[C@@H](O)CC[C@]4(C)[C@H]3CC[C@]12C. The molecule has 0 aromatic heterocycles. The van der Waals surface area contributed by atoms with Crippen LogP contribution in [0, 0.1) is 58.2 Å². The highest BCUT2D eigenvalue weighted by Gasteiger charge is 2.59. The fourth-order valence-electron chi connectivity index (χ4n) is 8.21. The molecule has 3 fully saturated rings. The molecule has 1 N–H and O–H groups in total. The van der Waals surface area contributed by atoms with Crippen LogP contribution in [0.15, 0.2) is 24.3 Å². The predicted octanol–water partition coefficient (Wildman–Crippen LogP) is 7.27. The van der Waals surface area contributed by atoms with Crippen molar-refractivity contribution in [3.8, 4) is 0 Å². The van der Waals surface area contributed by atoms with Crippen molar-refractivity contribution >= 4 is 0 Å². The lowest BCUT2D eigenvalue weighted by atomic mass is 9.46. The van der Waals surface area contributed by atoms with Crippen LogP contribution < -0.4 is 0 Å². The number of allylic oxidation sites excluding steroid dienone is 4. The number of aliphatic hydroxyl groups excluding tert-OH is 1. The van der Waals surface area contributed by atoms with Crippen LogP contribution in [0.1, 0.15) is 86.5 Å². The van der Waals surface area contributed by atoms with Crippen LogP contribution in [-0.4, -0.2) is 11.2 Å². The van der Waals surface area contributed by atoms with Gasteiger partial charge in [-0.2, -0.15) is 0 Å². The first kappa shape index (κ1) is 21.7. The zero-order valence-electron chi connectivity index (χ0n) is 19.9. The Morgan fingerprint density at radius 2 is 1.55 bits per heavy atom. The molecule has 0 saturated heterocycles. The Morgan fingerprint density at radius 1 is 0.862 bits per heavy atom. The van der Waals surface area contributed by atoms with E-state index in [1.54, 1.807) is 0 Å². The molecular weight excluding hydrogens is 352 g/mol. The average molecular weight is 399 g/mol. The summed E-state index contributed by atoms with van der Waals surface area (Å²) in [6.07, 6.45) is 19.1. The van der Waals surface area contributed by atoms with Crippen LogP contribution in [-0.2, 0) is 0 Å². The minimum atomic E-state index is -0.0696. The largest absolute Gasteiger partial charge is 0.393 e. The van der Waals surface area contributed by atoms with Gasteiger partial charge in [0.05, 0.1) is 6.10 Å². The summed E-state index contributed by atoms with van der Waals surface area (Å²) < 4.78 is 0. The van der Waals surface area contributed by atoms with Gasteiger partial charge in [-0.3, -0.25) is 0 Å². The molecule has 0 radical (unpaired) electrons. The van der Waals surface area contributed by atoms with E-state index in [-0.39, 0.29) is 6.10 Å². The highest BCUT2D eigenvalue weighted by molar-refractivity contribution is 5.18. The van der Waals surface area contributed by atoms with E-state index in [1.165, 1.54) is 32.1 Å². The summed E-state index contributed by atoms with van der Waals surface area (Å²) in [4.78, 5) is 0. The van der Waals surface area contributed by atoms with Gasteiger partial charge in [0, 0.05) is 0 Å². The molecule has 0 aliphatic heterocycles. The molecule has 4 aliphatic carbocycles. The number of rotatable bonds is 4. The van der Waals surface area contributed by atoms with Crippen molar-refractivity contribution in [3.63, 3.8) is 0 Å². The van der Waals surface area contributed by atoms with Crippen LogP contribution >= 0.6 is 0 Å². The van der Waals surface area contributed by atoms with Crippen molar-refractivity contribution in [2.24, 2.45) is 58.2 Å². The van der Waals surface area contributed by atoms with Crippen molar-refractivity contribution in [3.05, 3.63) is 24.3 Å². The Morgan fingerprint density at radius 3 is 2.28 bits per heavy atom. The minimum absolute atomic E-state index is 0.0696. The lowest BCUT2D eigenvalue weighted by Crippen LogP contribution is -2.52. The van der Waals surface area contributed by atoms with Gasteiger partial charge in [-0.15, -0.1) is 0 Å². The molecule has 4 rings (SSSR count). The van der Waals surface area contributed by atoms with Gasteiger partial charge in [0.2, 0.25) is 0 Å². The van der Waals surface area contributed by atoms with Gasteiger partial charge in [-0.25, -0.2) is 0 Å². The second-order valence-corrected chi connectivity index (χ2v) is 12.3. The van der Waals surface area contributed by atoms with E-state index >= 15 is 0 Å². The smallest absolute Gasteiger partial charge is 0.0546 e. The minimum Gasteiger partial charge on any atom is -0.393 e. The first-order valence-electron chi connectivity index (χ1n) is 12.7. The van der Waals surface area contributed by atoms with Crippen molar-refractivity contribution < 1.29 is 5.11 Å². The molecule has 164 valence electrons. The number of hydrogen-bond donors (Lipinski definition) is 1. The maximum absolute atomic E-state index is 10.2. The van der Waals surface area contributed by atoms with Gasteiger partial charge in [0.1, 0.15) is 0 Å². The topological polar surface area (TPSA) is 20.2 Å². The Balaban J connectivity index is 1.53. The van der Waals surface area contributed by atoms with Gasteiger partial charge in [0.25, 0.3) is 0 Å². The standard InChI is InChI=1S/C28H46O/c1-18(2)19(3)7-8-20(4)24-11-12-25-23-10-9-21-17-22(29)13-15-27(21,5)26(23)14-16-28(24,25)6/h7-10,18-26,29H,11-17H2,1-6H3/b8-7+/t19-,20+,21-,22-,23+,24+,25-,26-,27-,28+/m0/s1. The molecule has 0 amide bonds. The molecule has 0 heterocycles. The summed E-state index contributed by atoms with van der Waals surface area (Å²) in [6.45, 7) is 14.7. The maximum atomic E-state index is 10.2. The summed E-state index contributed by atoms with van der Waals surface area (Å²) in [5.74, 6) is 6.04. The van der Waals surface area contributed by atoms with E-state index in [2.05, 4.69) is 65.8 Å². The molecule has 0 aromatic carbocycles. The average Bonchev–Trinajstić information content (AvgIpc) is 3.03. The second-order valence-electron chi connectivity index (χ2n) is 12.3. The highest BCUT2D eigenvalue weighted by Crippen LogP contribution is 2.66. The zero-order valence-corrected chi connectivity index (χ0v) is 19.9. The first-order valence-corrected chi connectivity index (χ1v) is 12.7. The fraction of sp³-hybridized carbons (Fsp3) is 0.857. The monoisotopic (exact) mass is 398 g/mol. The highest BCUT2D eigenvalue weighted by atomic mass is 16.3. The molecule has 29 heavy (non-hydrogen) atoms. The van der Waals surface area contributed by atoms with Crippen LogP contribution in [0.3, 0.4) is 0 Å². The molecule has 1 nitrogen and oxygen atoms in total. The van der Waals surface area contributed by atoms with E-state index < -0.39 is 0 Å². The lowest BCUT2D eigenvalue weighted by Gasteiger charge is -2.59. The Bertz CT molecular complexity index is 647. The Labute approximate surface area is 180 Å². The fourth-order valence-corrected chi connectivity index (χ4v) is 8.21. The number of hydrogen-bond acceptors (Lipinski definition) is 1. The molecule has 4 aliphatic rings. The maximum Gasteiger partial charge on any atom is 0.0546 e. The molecule has 0 bridgehead atoms. The summed E-state index contributed by atoms with van der Waals surface area (Å²) in [7, 11) is 0. The molecule has 10 atom stereocenters. The van der Waals surface area contributed by atoms with Crippen LogP contribution in [0.5, 0.6) is 0 Å². The van der Waals surface area contributed by atoms with Crippen molar-refractivity contribution in [2.45, 2.75) is 92.6 Å². The van der Waals surface area contributed by atoms with E-state index in [0.717, 1.165) is 42.4 Å². The third kappa shape index (κ3) is 3.58. The van der Waals surface area contributed by atoms with E-state index in [1.807, 2.05) is 0 Å². The van der Waals surface area contributed by atoms with Gasteiger partial charge < -0.3 is 5.11 Å². The third-order valence-electron chi connectivity index (χ3n) is 10.6. The number of aliphatic hydroxyl groups is 1. The quantitative estimate of drug-likeness (QED) is 0.494. The van der Waals surface area contributed by atoms with Crippen LogP contribution in [0.2, 0.25) is 0 Å². The van der Waals surface area contributed by atoms with Gasteiger partial charge in [-0.1, -0.05) is 65.8 Å². The molecular formula is C28H46O. The molecule has 0 unspecified atom stereocenters. The molecule has 1 heteroatoms. The van der Waals surface area contributed by atoms with Gasteiger partial charge in [0.15, 0.2) is 0 Å². The molecule has 0 spiro atoms. The molecule has 0 aromatic rings.